The quantitative estimate of drug-likeness (QED) is 0.619. The molecule has 0 bridgehead atoms. The van der Waals surface area contributed by atoms with Crippen molar-refractivity contribution in [3.63, 3.8) is 0 Å². The van der Waals surface area contributed by atoms with E-state index in [2.05, 4.69) is 15.6 Å². The Balaban J connectivity index is 2.42. The van der Waals surface area contributed by atoms with E-state index in [1.54, 1.807) is 25.4 Å². The van der Waals surface area contributed by atoms with Crippen LogP contribution in [-0.4, -0.2) is 50.5 Å². The van der Waals surface area contributed by atoms with Crippen molar-refractivity contribution in [3.8, 4) is 0 Å². The van der Waals surface area contributed by atoms with Gasteiger partial charge in [0.05, 0.1) is 4.34 Å². The maximum atomic E-state index is 11.5. The first-order chi connectivity index (χ1) is 9.52. The second kappa shape index (κ2) is 8.81. The number of hydrogen-bond acceptors (Lipinski definition) is 3. The van der Waals surface area contributed by atoms with Gasteiger partial charge in [0, 0.05) is 32.1 Å². The van der Waals surface area contributed by atoms with Gasteiger partial charge in [-0.05, 0) is 25.5 Å². The molecular formula is C13H21ClN4OS. The molecule has 0 saturated carbocycles. The van der Waals surface area contributed by atoms with Crippen LogP contribution in [0, 0.1) is 0 Å². The van der Waals surface area contributed by atoms with Crippen molar-refractivity contribution in [1.82, 2.24) is 15.5 Å². The lowest BCUT2D eigenvalue weighted by molar-refractivity contribution is -0.127. The summed E-state index contributed by atoms with van der Waals surface area (Å²) in [7, 11) is 3.44. The molecule has 0 atom stereocenters. The Morgan fingerprint density at radius 3 is 2.70 bits per heavy atom. The molecule has 0 spiro atoms. The molecule has 2 N–H and O–H groups in total. The molecule has 0 aliphatic heterocycles. The summed E-state index contributed by atoms with van der Waals surface area (Å²) in [5.41, 5.74) is 0. The van der Waals surface area contributed by atoms with Crippen molar-refractivity contribution in [2.45, 2.75) is 13.3 Å². The highest BCUT2D eigenvalue weighted by atomic mass is 35.5. The van der Waals surface area contributed by atoms with Gasteiger partial charge in [0.15, 0.2) is 5.96 Å². The van der Waals surface area contributed by atoms with Gasteiger partial charge in [-0.3, -0.25) is 4.79 Å². The molecule has 0 unspecified atom stereocenters. The Kier molecular flexibility index (Phi) is 7.40. The molecule has 20 heavy (non-hydrogen) atoms. The first-order valence-corrected chi connectivity index (χ1v) is 7.69. The molecule has 0 aromatic carbocycles. The maximum Gasteiger partial charge on any atom is 0.243 e. The fourth-order valence-corrected chi connectivity index (χ4v) is 2.51. The van der Waals surface area contributed by atoms with Crippen LogP contribution < -0.4 is 10.6 Å². The lowest BCUT2D eigenvalue weighted by atomic mass is 10.3. The molecule has 1 aromatic heterocycles. The van der Waals surface area contributed by atoms with E-state index in [9.17, 15) is 4.79 Å². The van der Waals surface area contributed by atoms with Crippen molar-refractivity contribution in [2.24, 2.45) is 4.99 Å². The zero-order valence-electron chi connectivity index (χ0n) is 12.1. The van der Waals surface area contributed by atoms with Crippen molar-refractivity contribution >= 4 is 34.8 Å². The summed E-state index contributed by atoms with van der Waals surface area (Å²) in [5, 5.41) is 6.32. The number of thiophene rings is 1. The number of rotatable bonds is 6. The minimum atomic E-state index is -0.0211. The van der Waals surface area contributed by atoms with Crippen LogP contribution in [0.3, 0.4) is 0 Å². The number of hydrogen-bond donors (Lipinski definition) is 2. The molecule has 7 heteroatoms. The Hall–Kier alpha value is -1.27. The van der Waals surface area contributed by atoms with Crippen LogP contribution in [0.2, 0.25) is 4.34 Å². The third kappa shape index (κ3) is 6.25. The second-order valence-corrected chi connectivity index (χ2v) is 6.17. The monoisotopic (exact) mass is 316 g/mol. The van der Waals surface area contributed by atoms with Crippen LogP contribution in [0.1, 0.15) is 11.8 Å². The van der Waals surface area contributed by atoms with Crippen LogP contribution >= 0.6 is 22.9 Å². The second-order valence-electron chi connectivity index (χ2n) is 4.37. The van der Waals surface area contributed by atoms with E-state index in [0.717, 1.165) is 23.8 Å². The molecule has 1 rings (SSSR count). The Morgan fingerprint density at radius 1 is 1.40 bits per heavy atom. The minimum Gasteiger partial charge on any atom is -0.357 e. The van der Waals surface area contributed by atoms with Crippen LogP contribution in [0.4, 0.5) is 0 Å². The van der Waals surface area contributed by atoms with Crippen LogP contribution in [0.5, 0.6) is 0 Å². The van der Waals surface area contributed by atoms with Crippen LogP contribution in [0.15, 0.2) is 17.1 Å². The summed E-state index contributed by atoms with van der Waals surface area (Å²) >= 11 is 7.46. The normalized spacial score (nSPS) is 11.3. The number of guanidine groups is 1. The van der Waals surface area contributed by atoms with Gasteiger partial charge in [-0.2, -0.15) is 0 Å². The van der Waals surface area contributed by atoms with Gasteiger partial charge in [0.25, 0.3) is 0 Å². The largest absolute Gasteiger partial charge is 0.357 e. The number of nitrogens with one attached hydrogen (secondary N) is 2. The van der Waals surface area contributed by atoms with Gasteiger partial charge in [-0.25, -0.2) is 4.99 Å². The van der Waals surface area contributed by atoms with Gasteiger partial charge in [0.1, 0.15) is 6.54 Å². The smallest absolute Gasteiger partial charge is 0.243 e. The van der Waals surface area contributed by atoms with Gasteiger partial charge in [0.2, 0.25) is 5.91 Å². The van der Waals surface area contributed by atoms with Gasteiger partial charge >= 0.3 is 0 Å². The van der Waals surface area contributed by atoms with E-state index >= 15 is 0 Å². The van der Waals surface area contributed by atoms with E-state index < -0.39 is 0 Å². The molecule has 0 radical (unpaired) electrons. The molecule has 0 fully saturated rings. The molecule has 1 aromatic rings. The summed E-state index contributed by atoms with van der Waals surface area (Å²) in [5.74, 6) is 0.637. The Morgan fingerprint density at radius 2 is 2.15 bits per heavy atom. The highest BCUT2D eigenvalue weighted by Gasteiger charge is 2.04. The van der Waals surface area contributed by atoms with E-state index in [1.165, 1.54) is 9.78 Å². The number of aliphatic imine (C=N–C) groups is 1. The predicted octanol–water partition coefficient (Wildman–Crippen LogP) is 1.59. The number of carbonyl (C=O) groups is 1. The first-order valence-electron chi connectivity index (χ1n) is 6.49. The zero-order valence-corrected chi connectivity index (χ0v) is 13.6. The fraction of sp³-hybridized carbons (Fsp3) is 0.538. The number of halogens is 1. The van der Waals surface area contributed by atoms with Crippen LogP contribution in [0.25, 0.3) is 0 Å². The summed E-state index contributed by atoms with van der Waals surface area (Å²) in [6.07, 6.45) is 0.878. The average molecular weight is 317 g/mol. The summed E-state index contributed by atoms with van der Waals surface area (Å²) in [6, 6.07) is 3.92. The summed E-state index contributed by atoms with van der Waals surface area (Å²) < 4.78 is 0.803. The number of nitrogens with zero attached hydrogens (tertiary/aromatic N) is 2. The first kappa shape index (κ1) is 16.8. The molecule has 1 heterocycles. The highest BCUT2D eigenvalue weighted by Crippen LogP contribution is 2.21. The average Bonchev–Trinajstić information content (AvgIpc) is 2.81. The molecular weight excluding hydrogens is 296 g/mol. The van der Waals surface area contributed by atoms with Crippen molar-refractivity contribution < 1.29 is 4.79 Å². The third-order valence-electron chi connectivity index (χ3n) is 2.51. The summed E-state index contributed by atoms with van der Waals surface area (Å²) in [4.78, 5) is 18.5. The number of amides is 1. The molecule has 0 aliphatic rings. The SMILES string of the molecule is CCNC(=NCC(=O)N(C)C)NCCc1ccc(Cl)s1. The number of likely N-dealkylation sites (N-methyl/N-ethyl adjacent to an activating group) is 1. The molecule has 1 amide bonds. The van der Waals surface area contributed by atoms with Gasteiger partial charge < -0.3 is 15.5 Å². The topological polar surface area (TPSA) is 56.7 Å². The molecule has 0 saturated heterocycles. The Bertz CT molecular complexity index is 459. The number of carbonyl (C=O) groups excluding carboxylic acids is 1. The van der Waals surface area contributed by atoms with Crippen molar-refractivity contribution in [3.05, 3.63) is 21.3 Å². The lowest BCUT2D eigenvalue weighted by Crippen LogP contribution is -2.39. The predicted molar refractivity (Wildman–Crippen MR) is 85.7 cm³/mol. The molecule has 5 nitrogen and oxygen atoms in total. The third-order valence-corrected chi connectivity index (χ3v) is 3.80. The highest BCUT2D eigenvalue weighted by molar-refractivity contribution is 7.16. The van der Waals surface area contributed by atoms with E-state index in [-0.39, 0.29) is 12.5 Å². The Labute approximate surface area is 129 Å². The van der Waals surface area contributed by atoms with Crippen LogP contribution in [-0.2, 0) is 11.2 Å². The maximum absolute atomic E-state index is 11.5. The van der Waals surface area contributed by atoms with E-state index in [4.69, 9.17) is 11.6 Å². The van der Waals surface area contributed by atoms with E-state index in [0.29, 0.717) is 5.96 Å². The standard InChI is InChI=1S/C13H21ClN4OS/c1-4-15-13(17-9-12(19)18(2)3)16-8-7-10-5-6-11(14)20-10/h5-6H,4,7-9H2,1-3H3,(H2,15,16,17). The van der Waals surface area contributed by atoms with Crippen molar-refractivity contribution in [2.75, 3.05) is 33.7 Å². The molecule has 0 aliphatic carbocycles. The van der Waals surface area contributed by atoms with Gasteiger partial charge in [-0.1, -0.05) is 11.6 Å². The van der Waals surface area contributed by atoms with E-state index in [1.807, 2.05) is 19.1 Å². The van der Waals surface area contributed by atoms with Gasteiger partial charge in [-0.15, -0.1) is 11.3 Å². The zero-order chi connectivity index (χ0) is 15.0. The fourth-order valence-electron chi connectivity index (χ4n) is 1.42. The molecule has 112 valence electrons. The lowest BCUT2D eigenvalue weighted by Gasteiger charge is -2.12. The summed E-state index contributed by atoms with van der Waals surface area (Å²) in [6.45, 7) is 3.64. The minimum absolute atomic E-state index is 0.0211. The van der Waals surface area contributed by atoms with Crippen molar-refractivity contribution in [1.29, 1.82) is 0 Å².